The van der Waals surface area contributed by atoms with Gasteiger partial charge in [0.2, 0.25) is 0 Å². The standard InChI is InChI=1S/C9H3Cl3F2O4/c10-3-1(2(8(15)16)9(17)18)4(11)7(14)5(12)6(3)13/h2H,(H,15,16)(H,17,18). The van der Waals surface area contributed by atoms with Crippen LogP contribution < -0.4 is 0 Å². The molecule has 0 spiro atoms. The van der Waals surface area contributed by atoms with Crippen molar-refractivity contribution in [2.75, 3.05) is 0 Å². The molecule has 0 aromatic heterocycles. The smallest absolute Gasteiger partial charge is 0.322 e. The second-order valence-electron chi connectivity index (χ2n) is 3.09. The minimum absolute atomic E-state index is 0.891. The fraction of sp³-hybridized carbons (Fsp3) is 0.111. The van der Waals surface area contributed by atoms with Crippen LogP contribution in [0.2, 0.25) is 15.1 Å². The average molecular weight is 319 g/mol. The summed E-state index contributed by atoms with van der Waals surface area (Å²) < 4.78 is 26.7. The van der Waals surface area contributed by atoms with Crippen LogP contribution >= 0.6 is 34.8 Å². The first kappa shape index (κ1) is 14.9. The molecule has 0 aliphatic heterocycles. The Labute approximate surface area is 114 Å². The molecule has 0 unspecified atom stereocenters. The Bertz CT molecular complexity index is 504. The maximum Gasteiger partial charge on any atom is 0.322 e. The fourth-order valence-electron chi connectivity index (χ4n) is 1.23. The van der Waals surface area contributed by atoms with Crippen molar-refractivity contribution >= 4 is 46.7 Å². The van der Waals surface area contributed by atoms with Crippen LogP contribution in [0.15, 0.2) is 0 Å². The van der Waals surface area contributed by atoms with E-state index in [1.807, 2.05) is 0 Å². The average Bonchev–Trinajstić information content (AvgIpc) is 2.28. The van der Waals surface area contributed by atoms with Crippen LogP contribution in [0.25, 0.3) is 0 Å². The Balaban J connectivity index is 3.69. The van der Waals surface area contributed by atoms with E-state index in [1.165, 1.54) is 0 Å². The molecule has 0 radical (unpaired) electrons. The lowest BCUT2D eigenvalue weighted by molar-refractivity contribution is -0.150. The van der Waals surface area contributed by atoms with E-state index in [0.29, 0.717) is 0 Å². The van der Waals surface area contributed by atoms with Gasteiger partial charge in [0.25, 0.3) is 0 Å². The first-order chi connectivity index (χ1) is 8.20. The number of aliphatic carboxylic acids is 2. The molecule has 0 bridgehead atoms. The quantitative estimate of drug-likeness (QED) is 0.510. The van der Waals surface area contributed by atoms with Crippen LogP contribution in [0.1, 0.15) is 11.5 Å². The summed E-state index contributed by atoms with van der Waals surface area (Å²) >= 11 is 16.1. The SMILES string of the molecule is O=C(O)C(C(=O)O)c1c(Cl)c(F)c(Cl)c(F)c1Cl. The summed E-state index contributed by atoms with van der Waals surface area (Å²) in [5.41, 5.74) is -0.891. The van der Waals surface area contributed by atoms with E-state index in [-0.39, 0.29) is 0 Å². The van der Waals surface area contributed by atoms with E-state index >= 15 is 0 Å². The molecule has 0 heterocycles. The number of benzene rings is 1. The third kappa shape index (κ3) is 2.36. The van der Waals surface area contributed by atoms with E-state index in [4.69, 9.17) is 45.0 Å². The summed E-state index contributed by atoms with van der Waals surface area (Å²) in [7, 11) is 0. The number of carboxylic acids is 2. The Kier molecular flexibility index (Phi) is 4.37. The molecule has 0 atom stereocenters. The van der Waals surface area contributed by atoms with Gasteiger partial charge in [-0.1, -0.05) is 34.8 Å². The second kappa shape index (κ2) is 5.26. The van der Waals surface area contributed by atoms with Crippen LogP contribution in [0.3, 0.4) is 0 Å². The summed E-state index contributed by atoms with van der Waals surface area (Å²) in [5, 5.41) is 14.5. The number of carboxylic acid groups (broad SMARTS) is 2. The first-order valence-corrected chi connectivity index (χ1v) is 5.30. The molecular formula is C9H3Cl3F2O4. The highest BCUT2D eigenvalue weighted by atomic mass is 35.5. The number of rotatable bonds is 3. The first-order valence-electron chi connectivity index (χ1n) is 4.17. The summed E-state index contributed by atoms with van der Waals surface area (Å²) in [6.07, 6.45) is 0. The van der Waals surface area contributed by atoms with Crippen molar-refractivity contribution in [3.63, 3.8) is 0 Å². The molecule has 9 heteroatoms. The molecule has 0 fully saturated rings. The van der Waals surface area contributed by atoms with E-state index in [1.54, 1.807) is 0 Å². The molecule has 0 saturated heterocycles. The van der Waals surface area contributed by atoms with E-state index in [9.17, 15) is 18.4 Å². The van der Waals surface area contributed by atoms with Gasteiger partial charge in [-0.2, -0.15) is 0 Å². The van der Waals surface area contributed by atoms with Gasteiger partial charge in [0.05, 0.1) is 10.0 Å². The second-order valence-corrected chi connectivity index (χ2v) is 4.23. The normalized spacial score (nSPS) is 10.8. The molecule has 1 aromatic rings. The van der Waals surface area contributed by atoms with E-state index in [2.05, 4.69) is 0 Å². The third-order valence-corrected chi connectivity index (χ3v) is 3.10. The lowest BCUT2D eigenvalue weighted by Gasteiger charge is -2.14. The molecule has 0 amide bonds. The molecule has 0 aliphatic rings. The highest BCUT2D eigenvalue weighted by Crippen LogP contribution is 2.40. The molecule has 0 saturated carbocycles. The lowest BCUT2D eigenvalue weighted by Crippen LogP contribution is -2.22. The van der Waals surface area contributed by atoms with Gasteiger partial charge in [0, 0.05) is 5.56 Å². The number of halogens is 5. The minimum Gasteiger partial charge on any atom is -0.480 e. The molecule has 4 nitrogen and oxygen atoms in total. The van der Waals surface area contributed by atoms with Gasteiger partial charge < -0.3 is 10.2 Å². The van der Waals surface area contributed by atoms with Crippen molar-refractivity contribution in [1.29, 1.82) is 0 Å². The van der Waals surface area contributed by atoms with Crippen molar-refractivity contribution < 1.29 is 28.6 Å². The predicted octanol–water partition coefficient (Wildman–Crippen LogP) is 3.18. The van der Waals surface area contributed by atoms with Crippen molar-refractivity contribution in [1.82, 2.24) is 0 Å². The molecule has 98 valence electrons. The molecule has 1 rings (SSSR count). The zero-order valence-electron chi connectivity index (χ0n) is 8.18. The van der Waals surface area contributed by atoms with Crippen LogP contribution in [0, 0.1) is 11.6 Å². The summed E-state index contributed by atoms with van der Waals surface area (Å²) in [4.78, 5) is 21.6. The maximum atomic E-state index is 13.4. The van der Waals surface area contributed by atoms with Gasteiger partial charge >= 0.3 is 11.9 Å². The van der Waals surface area contributed by atoms with Crippen molar-refractivity contribution in [3.8, 4) is 0 Å². The summed E-state index contributed by atoms with van der Waals surface area (Å²) in [6, 6.07) is 0. The van der Waals surface area contributed by atoms with Crippen molar-refractivity contribution in [2.45, 2.75) is 5.92 Å². The van der Waals surface area contributed by atoms with Crippen molar-refractivity contribution in [3.05, 3.63) is 32.3 Å². The van der Waals surface area contributed by atoms with Crippen molar-refractivity contribution in [2.24, 2.45) is 0 Å². The maximum absolute atomic E-state index is 13.4. The third-order valence-electron chi connectivity index (χ3n) is 2.03. The highest BCUT2D eigenvalue weighted by Gasteiger charge is 2.36. The topological polar surface area (TPSA) is 74.6 Å². The lowest BCUT2D eigenvalue weighted by atomic mass is 9.99. The molecule has 0 aliphatic carbocycles. The van der Waals surface area contributed by atoms with Gasteiger partial charge in [-0.15, -0.1) is 0 Å². The molecule has 1 aromatic carbocycles. The Morgan fingerprint density at radius 2 is 1.22 bits per heavy atom. The Morgan fingerprint density at radius 3 is 1.50 bits per heavy atom. The predicted molar refractivity (Wildman–Crippen MR) is 59.4 cm³/mol. The summed E-state index contributed by atoms with van der Waals surface area (Å²) in [6.45, 7) is 0. The zero-order valence-corrected chi connectivity index (χ0v) is 10.4. The van der Waals surface area contributed by atoms with Crippen LogP contribution in [0.5, 0.6) is 0 Å². The largest absolute Gasteiger partial charge is 0.480 e. The highest BCUT2D eigenvalue weighted by molar-refractivity contribution is 6.40. The van der Waals surface area contributed by atoms with Gasteiger partial charge in [-0.25, -0.2) is 8.78 Å². The van der Waals surface area contributed by atoms with Crippen LogP contribution in [-0.2, 0) is 9.59 Å². The van der Waals surface area contributed by atoms with Crippen LogP contribution in [-0.4, -0.2) is 22.2 Å². The van der Waals surface area contributed by atoms with E-state index < -0.39 is 50.1 Å². The van der Waals surface area contributed by atoms with Gasteiger partial charge in [-0.05, 0) is 0 Å². The number of hydrogen-bond donors (Lipinski definition) is 2. The Morgan fingerprint density at radius 1 is 0.889 bits per heavy atom. The minimum atomic E-state index is -2.30. The van der Waals surface area contributed by atoms with Gasteiger partial charge in [-0.3, -0.25) is 9.59 Å². The van der Waals surface area contributed by atoms with Gasteiger partial charge in [0.15, 0.2) is 17.6 Å². The Hall–Kier alpha value is -1.11. The number of carbonyl (C=O) groups is 2. The fourth-order valence-corrected chi connectivity index (χ4v) is 2.16. The molecule has 2 N–H and O–H groups in total. The van der Waals surface area contributed by atoms with Crippen LogP contribution in [0.4, 0.5) is 8.78 Å². The number of hydrogen-bond acceptors (Lipinski definition) is 2. The summed E-state index contributed by atoms with van der Waals surface area (Å²) in [5.74, 6) is -8.98. The van der Waals surface area contributed by atoms with E-state index in [0.717, 1.165) is 0 Å². The zero-order chi connectivity index (χ0) is 14.2. The monoisotopic (exact) mass is 318 g/mol. The molecular weight excluding hydrogens is 316 g/mol. The van der Waals surface area contributed by atoms with Gasteiger partial charge in [0.1, 0.15) is 5.02 Å². The molecule has 18 heavy (non-hydrogen) atoms.